The van der Waals surface area contributed by atoms with Crippen LogP contribution in [0.5, 0.6) is 0 Å². The quantitative estimate of drug-likeness (QED) is 0.356. The number of hydrogen-bond donors (Lipinski definition) is 1. The van der Waals surface area contributed by atoms with Crippen LogP contribution in [0.3, 0.4) is 0 Å². The minimum atomic E-state index is -0.250. The molecule has 0 aliphatic rings. The van der Waals surface area contributed by atoms with E-state index in [1.807, 2.05) is 24.8 Å². The summed E-state index contributed by atoms with van der Waals surface area (Å²) in [4.78, 5) is 6.42. The minimum absolute atomic E-state index is 0. The van der Waals surface area contributed by atoms with E-state index < -0.39 is 0 Å². The Kier molecular flexibility index (Phi) is 9.88. The van der Waals surface area contributed by atoms with Gasteiger partial charge in [0.15, 0.2) is 5.96 Å². The number of aliphatic imine (C=N–C) groups is 1. The molecule has 1 aromatic heterocycles. The highest BCUT2D eigenvalue weighted by molar-refractivity contribution is 14.0. The van der Waals surface area contributed by atoms with E-state index in [0.29, 0.717) is 24.6 Å². The van der Waals surface area contributed by atoms with Gasteiger partial charge in [0.25, 0.3) is 0 Å². The third-order valence-corrected chi connectivity index (χ3v) is 4.33. The van der Waals surface area contributed by atoms with Crippen LogP contribution in [0.4, 0.5) is 4.39 Å². The van der Waals surface area contributed by atoms with Crippen LogP contribution >= 0.6 is 24.0 Å². The van der Waals surface area contributed by atoms with E-state index in [1.54, 1.807) is 20.2 Å². The van der Waals surface area contributed by atoms with E-state index in [-0.39, 0.29) is 36.4 Å². The van der Waals surface area contributed by atoms with Gasteiger partial charge in [0.1, 0.15) is 5.82 Å². The Labute approximate surface area is 184 Å². The van der Waals surface area contributed by atoms with Crippen molar-refractivity contribution in [3.8, 4) is 0 Å². The summed E-state index contributed by atoms with van der Waals surface area (Å²) in [5, 5.41) is 7.90. The number of aromatic nitrogens is 2. The average Bonchev–Trinajstić information content (AvgIpc) is 2.99. The summed E-state index contributed by atoms with van der Waals surface area (Å²) in [5.74, 6) is 0.883. The first kappa shape index (κ1) is 24.4. The zero-order chi connectivity index (χ0) is 20.0. The van der Waals surface area contributed by atoms with Crippen molar-refractivity contribution in [2.24, 2.45) is 12.0 Å². The lowest BCUT2D eigenvalue weighted by molar-refractivity contribution is 0.181. The van der Waals surface area contributed by atoms with Crippen molar-refractivity contribution in [3.05, 3.63) is 52.6 Å². The van der Waals surface area contributed by atoms with E-state index >= 15 is 0 Å². The molecule has 1 aromatic carbocycles. The SMILES string of the molecule is CN=C(NCc1ccc(F)c(COC)c1)N(C)Cc1cn(C)nc1C(C)C.I. The first-order valence-electron chi connectivity index (χ1n) is 9.06. The maximum absolute atomic E-state index is 13.8. The van der Waals surface area contributed by atoms with Gasteiger partial charge in [-0.05, 0) is 23.6 Å². The van der Waals surface area contributed by atoms with Crippen molar-refractivity contribution >= 4 is 29.9 Å². The Morgan fingerprint density at radius 1 is 1.36 bits per heavy atom. The van der Waals surface area contributed by atoms with Gasteiger partial charge in [-0.15, -0.1) is 24.0 Å². The molecule has 0 unspecified atom stereocenters. The Hall–Kier alpha value is -1.68. The fourth-order valence-electron chi connectivity index (χ4n) is 3.06. The van der Waals surface area contributed by atoms with Gasteiger partial charge >= 0.3 is 0 Å². The van der Waals surface area contributed by atoms with Crippen LogP contribution in [-0.4, -0.2) is 41.8 Å². The molecule has 6 nitrogen and oxygen atoms in total. The lowest BCUT2D eigenvalue weighted by Gasteiger charge is -2.22. The van der Waals surface area contributed by atoms with Gasteiger partial charge in [0.05, 0.1) is 12.3 Å². The highest BCUT2D eigenvalue weighted by atomic mass is 127. The summed E-state index contributed by atoms with van der Waals surface area (Å²) in [7, 11) is 7.25. The van der Waals surface area contributed by atoms with Crippen LogP contribution in [0.15, 0.2) is 29.4 Å². The molecule has 0 aliphatic heterocycles. The molecule has 1 N–H and O–H groups in total. The summed E-state index contributed by atoms with van der Waals surface area (Å²) in [6.07, 6.45) is 2.05. The molecule has 156 valence electrons. The number of nitrogens with zero attached hydrogens (tertiary/aromatic N) is 4. The fourth-order valence-corrected chi connectivity index (χ4v) is 3.06. The highest BCUT2D eigenvalue weighted by Gasteiger charge is 2.15. The number of hydrogen-bond acceptors (Lipinski definition) is 3. The molecule has 0 saturated carbocycles. The van der Waals surface area contributed by atoms with Crippen molar-refractivity contribution < 1.29 is 9.13 Å². The number of rotatable bonds is 7. The molecule has 8 heteroatoms. The predicted octanol–water partition coefficient (Wildman–Crippen LogP) is 3.65. The van der Waals surface area contributed by atoms with Gasteiger partial charge in [-0.25, -0.2) is 4.39 Å². The average molecular weight is 503 g/mol. The highest BCUT2D eigenvalue weighted by Crippen LogP contribution is 2.18. The van der Waals surface area contributed by atoms with E-state index in [1.165, 1.54) is 11.6 Å². The fraction of sp³-hybridized carbons (Fsp3) is 0.500. The summed E-state index contributed by atoms with van der Waals surface area (Å²) >= 11 is 0. The van der Waals surface area contributed by atoms with E-state index in [4.69, 9.17) is 4.74 Å². The van der Waals surface area contributed by atoms with Gasteiger partial charge in [-0.1, -0.05) is 19.9 Å². The Morgan fingerprint density at radius 3 is 2.68 bits per heavy atom. The maximum atomic E-state index is 13.8. The van der Waals surface area contributed by atoms with Crippen molar-refractivity contribution in [2.45, 2.75) is 39.5 Å². The number of nitrogens with one attached hydrogen (secondary N) is 1. The summed E-state index contributed by atoms with van der Waals surface area (Å²) in [6, 6.07) is 5.06. The van der Waals surface area contributed by atoms with Crippen LogP contribution in [0.25, 0.3) is 0 Å². The normalized spacial score (nSPS) is 11.5. The van der Waals surface area contributed by atoms with Gasteiger partial charge in [0, 0.05) is 58.7 Å². The smallest absolute Gasteiger partial charge is 0.193 e. The Morgan fingerprint density at radius 2 is 2.07 bits per heavy atom. The van der Waals surface area contributed by atoms with Crippen LogP contribution < -0.4 is 5.32 Å². The topological polar surface area (TPSA) is 54.7 Å². The first-order valence-corrected chi connectivity index (χ1v) is 9.06. The first-order chi connectivity index (χ1) is 12.8. The molecule has 0 atom stereocenters. The van der Waals surface area contributed by atoms with Crippen LogP contribution in [0, 0.1) is 5.82 Å². The second kappa shape index (κ2) is 11.4. The molecule has 0 aliphatic carbocycles. The predicted molar refractivity (Wildman–Crippen MR) is 121 cm³/mol. The summed E-state index contributed by atoms with van der Waals surface area (Å²) < 4.78 is 20.7. The third-order valence-electron chi connectivity index (χ3n) is 4.33. The minimum Gasteiger partial charge on any atom is -0.380 e. The summed E-state index contributed by atoms with van der Waals surface area (Å²) in [6.45, 7) is 5.81. The van der Waals surface area contributed by atoms with Crippen molar-refractivity contribution in [1.29, 1.82) is 0 Å². The number of aryl methyl sites for hydroxylation is 1. The van der Waals surface area contributed by atoms with Gasteiger partial charge in [-0.3, -0.25) is 9.67 Å². The van der Waals surface area contributed by atoms with Crippen molar-refractivity contribution in [2.75, 3.05) is 21.2 Å². The molecule has 0 amide bonds. The van der Waals surface area contributed by atoms with E-state index in [9.17, 15) is 4.39 Å². The number of guanidine groups is 1. The number of benzene rings is 1. The second-order valence-electron chi connectivity index (χ2n) is 6.98. The third kappa shape index (κ3) is 6.44. The molecule has 28 heavy (non-hydrogen) atoms. The maximum Gasteiger partial charge on any atom is 0.193 e. The zero-order valence-corrected chi connectivity index (χ0v) is 19.8. The largest absolute Gasteiger partial charge is 0.380 e. The van der Waals surface area contributed by atoms with E-state index in [0.717, 1.165) is 17.2 Å². The Bertz CT molecular complexity index is 791. The molecule has 0 radical (unpaired) electrons. The van der Waals surface area contributed by atoms with Gasteiger partial charge in [-0.2, -0.15) is 5.10 Å². The second-order valence-corrected chi connectivity index (χ2v) is 6.98. The molecule has 0 spiro atoms. The molecule has 0 fully saturated rings. The van der Waals surface area contributed by atoms with Crippen molar-refractivity contribution in [3.63, 3.8) is 0 Å². The van der Waals surface area contributed by atoms with Crippen LogP contribution in [-0.2, 0) is 31.5 Å². The molecular weight excluding hydrogens is 472 g/mol. The van der Waals surface area contributed by atoms with Crippen molar-refractivity contribution in [1.82, 2.24) is 20.0 Å². The zero-order valence-electron chi connectivity index (χ0n) is 17.5. The van der Waals surface area contributed by atoms with Crippen LogP contribution in [0.2, 0.25) is 0 Å². The standard InChI is InChI=1S/C20H30FN5O.HI/c1-14(2)19-17(12-26(5)24-19)11-25(4)20(22-3)23-10-15-7-8-18(21)16(9-15)13-27-6;/h7-9,12,14H,10-11,13H2,1-6H3,(H,22,23);1H. The Balaban J connectivity index is 0.00000392. The van der Waals surface area contributed by atoms with Crippen LogP contribution in [0.1, 0.15) is 42.1 Å². The van der Waals surface area contributed by atoms with Gasteiger partial charge in [0.2, 0.25) is 0 Å². The van der Waals surface area contributed by atoms with E-state index in [2.05, 4.69) is 40.4 Å². The lowest BCUT2D eigenvalue weighted by atomic mass is 10.1. The molecule has 1 heterocycles. The molecule has 0 saturated heterocycles. The monoisotopic (exact) mass is 503 g/mol. The summed E-state index contributed by atoms with van der Waals surface area (Å²) in [5.41, 5.74) is 3.81. The number of ether oxygens (including phenoxy) is 1. The molecule has 2 aromatic rings. The molecule has 0 bridgehead atoms. The molecule has 2 rings (SSSR count). The van der Waals surface area contributed by atoms with Gasteiger partial charge < -0.3 is 15.0 Å². The number of methoxy groups -OCH3 is 1. The lowest BCUT2D eigenvalue weighted by Crippen LogP contribution is -2.38. The molecular formula is C20H31FIN5O. The number of halogens is 2.